The highest BCUT2D eigenvalue weighted by molar-refractivity contribution is 5.31. The molecule has 0 saturated heterocycles. The molecule has 0 amide bonds. The van der Waals surface area contributed by atoms with Gasteiger partial charge in [0.2, 0.25) is 0 Å². The lowest BCUT2D eigenvalue weighted by Gasteiger charge is -2.33. The van der Waals surface area contributed by atoms with Crippen molar-refractivity contribution in [3.05, 3.63) is 29.6 Å². The average molecular weight is 279 g/mol. The second-order valence-corrected chi connectivity index (χ2v) is 6.11. The van der Waals surface area contributed by atoms with Gasteiger partial charge in [0.05, 0.1) is 7.11 Å². The van der Waals surface area contributed by atoms with E-state index in [0.29, 0.717) is 23.6 Å². The molecule has 1 aliphatic rings. The number of benzene rings is 1. The third-order valence-electron chi connectivity index (χ3n) is 4.30. The van der Waals surface area contributed by atoms with E-state index in [1.54, 1.807) is 12.1 Å². The van der Waals surface area contributed by atoms with Crippen molar-refractivity contribution in [3.63, 3.8) is 0 Å². The molecular weight excluding hydrogens is 253 g/mol. The zero-order valence-corrected chi connectivity index (χ0v) is 12.8. The predicted octanol–water partition coefficient (Wildman–Crippen LogP) is 4.11. The Balaban J connectivity index is 2.12. The molecule has 2 atom stereocenters. The lowest BCUT2D eigenvalue weighted by Crippen LogP contribution is -2.33. The smallest absolute Gasteiger partial charge is 0.165 e. The number of methoxy groups -OCH3 is 1. The standard InChI is InChI=1S/C17H26FNO/c1-12(2)19-11-14-6-4-5-7-15(14)13-8-9-17(20-3)16(18)10-13/h8-10,12,14-15,19H,4-7,11H2,1-3H3. The highest BCUT2D eigenvalue weighted by Crippen LogP contribution is 2.38. The van der Waals surface area contributed by atoms with E-state index in [2.05, 4.69) is 19.2 Å². The third-order valence-corrected chi connectivity index (χ3v) is 4.30. The Hall–Kier alpha value is -1.09. The van der Waals surface area contributed by atoms with Gasteiger partial charge in [0.1, 0.15) is 0 Å². The Kier molecular flexibility index (Phi) is 5.41. The molecule has 2 unspecified atom stereocenters. The maximum Gasteiger partial charge on any atom is 0.165 e. The number of hydrogen-bond acceptors (Lipinski definition) is 2. The summed E-state index contributed by atoms with van der Waals surface area (Å²) in [6.07, 6.45) is 4.93. The normalized spacial score (nSPS) is 23.1. The molecule has 1 aromatic carbocycles. The Labute approximate surface area is 121 Å². The van der Waals surface area contributed by atoms with Gasteiger partial charge in [-0.05, 0) is 48.9 Å². The molecule has 2 rings (SSSR count). The molecule has 1 fully saturated rings. The first kappa shape index (κ1) is 15.3. The molecule has 1 N–H and O–H groups in total. The van der Waals surface area contributed by atoms with Crippen LogP contribution in [0.15, 0.2) is 18.2 Å². The molecule has 112 valence electrons. The van der Waals surface area contributed by atoms with E-state index in [1.807, 2.05) is 6.07 Å². The van der Waals surface area contributed by atoms with Crippen molar-refractivity contribution in [1.29, 1.82) is 0 Å². The summed E-state index contributed by atoms with van der Waals surface area (Å²) in [5.74, 6) is 1.17. The number of hydrogen-bond donors (Lipinski definition) is 1. The zero-order chi connectivity index (χ0) is 14.5. The van der Waals surface area contributed by atoms with E-state index in [4.69, 9.17) is 4.74 Å². The number of ether oxygens (including phenoxy) is 1. The molecule has 0 bridgehead atoms. The highest BCUT2D eigenvalue weighted by atomic mass is 19.1. The molecule has 0 aliphatic heterocycles. The van der Waals surface area contributed by atoms with Crippen LogP contribution in [0.4, 0.5) is 4.39 Å². The molecule has 1 aromatic rings. The quantitative estimate of drug-likeness (QED) is 0.876. The molecule has 1 aliphatic carbocycles. The summed E-state index contributed by atoms with van der Waals surface area (Å²) in [7, 11) is 1.51. The maximum absolute atomic E-state index is 13.9. The van der Waals surface area contributed by atoms with Gasteiger partial charge in [0.25, 0.3) is 0 Å². The van der Waals surface area contributed by atoms with Gasteiger partial charge in [0, 0.05) is 6.04 Å². The molecule has 0 heterocycles. The first-order valence-electron chi connectivity index (χ1n) is 7.68. The average Bonchev–Trinajstić information content (AvgIpc) is 2.45. The monoisotopic (exact) mass is 279 g/mol. The van der Waals surface area contributed by atoms with E-state index < -0.39 is 0 Å². The van der Waals surface area contributed by atoms with Crippen molar-refractivity contribution in [2.45, 2.75) is 51.5 Å². The van der Waals surface area contributed by atoms with Crippen LogP contribution in [0.25, 0.3) is 0 Å². The summed E-state index contributed by atoms with van der Waals surface area (Å²) in [4.78, 5) is 0. The van der Waals surface area contributed by atoms with Crippen LogP contribution in [-0.4, -0.2) is 19.7 Å². The minimum atomic E-state index is -0.244. The predicted molar refractivity (Wildman–Crippen MR) is 80.8 cm³/mol. The largest absolute Gasteiger partial charge is 0.494 e. The van der Waals surface area contributed by atoms with E-state index in [1.165, 1.54) is 26.4 Å². The van der Waals surface area contributed by atoms with E-state index in [-0.39, 0.29) is 5.82 Å². The van der Waals surface area contributed by atoms with Crippen LogP contribution < -0.4 is 10.1 Å². The Morgan fingerprint density at radius 3 is 2.70 bits per heavy atom. The molecule has 3 heteroatoms. The summed E-state index contributed by atoms with van der Waals surface area (Å²) in [5.41, 5.74) is 1.12. The molecule has 0 radical (unpaired) electrons. The molecular formula is C17H26FNO. The highest BCUT2D eigenvalue weighted by Gasteiger charge is 2.27. The number of nitrogens with one attached hydrogen (secondary N) is 1. The van der Waals surface area contributed by atoms with Gasteiger partial charge in [-0.2, -0.15) is 0 Å². The topological polar surface area (TPSA) is 21.3 Å². The van der Waals surface area contributed by atoms with Crippen LogP contribution in [0.3, 0.4) is 0 Å². The summed E-state index contributed by atoms with van der Waals surface area (Å²) < 4.78 is 18.9. The van der Waals surface area contributed by atoms with Crippen molar-refractivity contribution >= 4 is 0 Å². The van der Waals surface area contributed by atoms with Crippen LogP contribution in [0.5, 0.6) is 5.75 Å². The fourth-order valence-corrected chi connectivity index (χ4v) is 3.19. The van der Waals surface area contributed by atoms with Gasteiger partial charge in [-0.25, -0.2) is 4.39 Å². The van der Waals surface area contributed by atoms with E-state index in [9.17, 15) is 4.39 Å². The summed E-state index contributed by atoms with van der Waals surface area (Å²) in [6.45, 7) is 5.37. The Bertz CT molecular complexity index is 433. The lowest BCUT2D eigenvalue weighted by molar-refractivity contribution is 0.288. The van der Waals surface area contributed by atoms with Gasteiger partial charge in [-0.1, -0.05) is 32.8 Å². The summed E-state index contributed by atoms with van der Waals surface area (Å²) in [6, 6.07) is 5.95. The van der Waals surface area contributed by atoms with Gasteiger partial charge < -0.3 is 10.1 Å². The van der Waals surface area contributed by atoms with Crippen molar-refractivity contribution in [2.75, 3.05) is 13.7 Å². The second-order valence-electron chi connectivity index (χ2n) is 6.11. The molecule has 1 saturated carbocycles. The lowest BCUT2D eigenvalue weighted by atomic mass is 9.75. The van der Waals surface area contributed by atoms with Gasteiger partial charge in [-0.3, -0.25) is 0 Å². The van der Waals surface area contributed by atoms with E-state index in [0.717, 1.165) is 18.5 Å². The van der Waals surface area contributed by atoms with Crippen LogP contribution in [-0.2, 0) is 0 Å². The third kappa shape index (κ3) is 3.72. The fraction of sp³-hybridized carbons (Fsp3) is 0.647. The first-order valence-corrected chi connectivity index (χ1v) is 7.68. The van der Waals surface area contributed by atoms with Gasteiger partial charge in [0.15, 0.2) is 11.6 Å². The van der Waals surface area contributed by atoms with Crippen molar-refractivity contribution in [3.8, 4) is 5.75 Å². The minimum Gasteiger partial charge on any atom is -0.494 e. The van der Waals surface area contributed by atoms with Crippen LogP contribution >= 0.6 is 0 Å². The van der Waals surface area contributed by atoms with E-state index >= 15 is 0 Å². The van der Waals surface area contributed by atoms with Gasteiger partial charge in [-0.15, -0.1) is 0 Å². The molecule has 2 nitrogen and oxygen atoms in total. The maximum atomic E-state index is 13.9. The molecule has 20 heavy (non-hydrogen) atoms. The molecule has 0 spiro atoms. The summed E-state index contributed by atoms with van der Waals surface area (Å²) >= 11 is 0. The Morgan fingerprint density at radius 1 is 1.30 bits per heavy atom. The summed E-state index contributed by atoms with van der Waals surface area (Å²) in [5, 5.41) is 3.53. The fourth-order valence-electron chi connectivity index (χ4n) is 3.19. The van der Waals surface area contributed by atoms with Crippen LogP contribution in [0.2, 0.25) is 0 Å². The second kappa shape index (κ2) is 7.07. The van der Waals surface area contributed by atoms with Crippen molar-refractivity contribution in [1.82, 2.24) is 5.32 Å². The first-order chi connectivity index (χ1) is 9.61. The zero-order valence-electron chi connectivity index (χ0n) is 12.8. The Morgan fingerprint density at radius 2 is 2.05 bits per heavy atom. The number of halogens is 1. The molecule has 0 aromatic heterocycles. The van der Waals surface area contributed by atoms with Crippen LogP contribution in [0, 0.1) is 11.7 Å². The SMILES string of the molecule is COc1ccc(C2CCCCC2CNC(C)C)cc1F. The van der Waals surface area contributed by atoms with Crippen LogP contribution in [0.1, 0.15) is 51.0 Å². The van der Waals surface area contributed by atoms with Crippen molar-refractivity contribution in [2.24, 2.45) is 5.92 Å². The number of rotatable bonds is 5. The minimum absolute atomic E-state index is 0.244. The van der Waals surface area contributed by atoms with Gasteiger partial charge >= 0.3 is 0 Å². The van der Waals surface area contributed by atoms with Crippen molar-refractivity contribution < 1.29 is 9.13 Å².